The van der Waals surface area contributed by atoms with Crippen LogP contribution >= 0.6 is 0 Å². The Balaban J connectivity index is 1.95. The molecule has 2 saturated heterocycles. The number of piperidine rings is 1. The van der Waals surface area contributed by atoms with Gasteiger partial charge in [0.05, 0.1) is 5.56 Å². The second-order valence-corrected chi connectivity index (χ2v) is 6.94. The summed E-state index contributed by atoms with van der Waals surface area (Å²) in [4.78, 5) is 34.4. The normalized spacial score (nSPS) is 24.1. The van der Waals surface area contributed by atoms with Crippen LogP contribution in [0.4, 0.5) is 5.82 Å². The van der Waals surface area contributed by atoms with E-state index in [9.17, 15) is 9.59 Å². The number of likely N-dealkylation sites (tertiary alicyclic amines) is 2. The molecule has 1 spiro atoms. The molecule has 1 unspecified atom stereocenters. The van der Waals surface area contributed by atoms with Gasteiger partial charge in [-0.15, -0.1) is 0 Å². The van der Waals surface area contributed by atoms with Crippen molar-refractivity contribution < 1.29 is 9.59 Å². The predicted octanol–water partition coefficient (Wildman–Crippen LogP) is 2.13. The number of pyridine rings is 1. The van der Waals surface area contributed by atoms with Gasteiger partial charge in [-0.1, -0.05) is 0 Å². The molecule has 2 aliphatic rings. The van der Waals surface area contributed by atoms with E-state index >= 15 is 0 Å². The van der Waals surface area contributed by atoms with Crippen molar-refractivity contribution in [3.63, 3.8) is 0 Å². The summed E-state index contributed by atoms with van der Waals surface area (Å²) in [7, 11) is 1.76. The van der Waals surface area contributed by atoms with Crippen molar-refractivity contribution in [2.24, 2.45) is 0 Å². The van der Waals surface area contributed by atoms with Crippen LogP contribution in [0, 0.1) is 0 Å². The molecular formula is C18H26N4O2. The van der Waals surface area contributed by atoms with Gasteiger partial charge in [-0.25, -0.2) is 4.98 Å². The third kappa shape index (κ3) is 2.54. The van der Waals surface area contributed by atoms with E-state index in [-0.39, 0.29) is 17.9 Å². The Labute approximate surface area is 143 Å². The minimum atomic E-state index is -0.666. The maximum atomic E-state index is 13.2. The van der Waals surface area contributed by atoms with Crippen molar-refractivity contribution in [1.82, 2.24) is 14.8 Å². The first kappa shape index (κ1) is 16.7. The van der Waals surface area contributed by atoms with Crippen LogP contribution in [0.1, 0.15) is 49.9 Å². The molecule has 2 fully saturated rings. The first-order valence-corrected chi connectivity index (χ1v) is 8.77. The zero-order chi connectivity index (χ0) is 17.3. The van der Waals surface area contributed by atoms with Crippen LogP contribution in [0.25, 0.3) is 0 Å². The van der Waals surface area contributed by atoms with Gasteiger partial charge in [0.2, 0.25) is 5.91 Å². The summed E-state index contributed by atoms with van der Waals surface area (Å²) in [6, 6.07) is 3.71. The van der Waals surface area contributed by atoms with E-state index in [1.165, 1.54) is 0 Å². The topological polar surface area (TPSA) is 65.5 Å². The number of amides is 2. The van der Waals surface area contributed by atoms with E-state index in [0.29, 0.717) is 17.9 Å². The maximum absolute atomic E-state index is 13.2. The Bertz CT molecular complexity index is 646. The van der Waals surface area contributed by atoms with E-state index in [0.717, 1.165) is 32.2 Å². The monoisotopic (exact) mass is 330 g/mol. The number of rotatable bonds is 3. The molecule has 130 valence electrons. The molecule has 6 nitrogen and oxygen atoms in total. The number of nitrogens with one attached hydrogen (secondary N) is 1. The molecule has 0 bridgehead atoms. The van der Waals surface area contributed by atoms with Gasteiger partial charge in [-0.05, 0) is 51.7 Å². The first-order chi connectivity index (χ1) is 11.5. The number of aromatic nitrogens is 1. The molecule has 1 N–H and O–H groups in total. The van der Waals surface area contributed by atoms with Crippen LogP contribution in [0.3, 0.4) is 0 Å². The number of anilines is 1. The summed E-state index contributed by atoms with van der Waals surface area (Å²) >= 11 is 0. The highest BCUT2D eigenvalue weighted by Crippen LogP contribution is 2.40. The van der Waals surface area contributed by atoms with E-state index in [1.807, 2.05) is 23.6 Å². The predicted molar refractivity (Wildman–Crippen MR) is 92.9 cm³/mol. The Hall–Kier alpha value is -2.11. The van der Waals surface area contributed by atoms with Gasteiger partial charge in [0.15, 0.2) is 0 Å². The fourth-order valence-corrected chi connectivity index (χ4v) is 4.09. The van der Waals surface area contributed by atoms with Crippen molar-refractivity contribution in [2.45, 2.75) is 51.1 Å². The highest BCUT2D eigenvalue weighted by molar-refractivity contribution is 6.03. The lowest BCUT2D eigenvalue weighted by molar-refractivity contribution is -0.147. The van der Waals surface area contributed by atoms with Crippen LogP contribution in [-0.4, -0.2) is 58.3 Å². The summed E-state index contributed by atoms with van der Waals surface area (Å²) in [5.41, 5.74) is -0.128. The van der Waals surface area contributed by atoms with Gasteiger partial charge in [0.1, 0.15) is 11.4 Å². The van der Waals surface area contributed by atoms with Crippen molar-refractivity contribution in [3.05, 3.63) is 23.9 Å². The van der Waals surface area contributed by atoms with Gasteiger partial charge in [0.25, 0.3) is 5.91 Å². The summed E-state index contributed by atoms with van der Waals surface area (Å²) in [6.45, 7) is 5.50. The number of carbonyl (C=O) groups is 2. The Morgan fingerprint density at radius 1 is 1.29 bits per heavy atom. The van der Waals surface area contributed by atoms with Crippen molar-refractivity contribution in [3.8, 4) is 0 Å². The zero-order valence-corrected chi connectivity index (χ0v) is 14.7. The molecule has 1 atom stereocenters. The molecule has 0 saturated carbocycles. The second-order valence-electron chi connectivity index (χ2n) is 6.94. The van der Waals surface area contributed by atoms with Crippen molar-refractivity contribution in [2.75, 3.05) is 25.5 Å². The molecule has 6 heteroatoms. The smallest absolute Gasteiger partial charge is 0.258 e. The first-order valence-electron chi connectivity index (χ1n) is 8.77. The molecule has 2 aliphatic heterocycles. The second kappa shape index (κ2) is 6.42. The summed E-state index contributed by atoms with van der Waals surface area (Å²) < 4.78 is 0. The molecule has 0 aliphatic carbocycles. The number of hydrogen-bond acceptors (Lipinski definition) is 4. The fraction of sp³-hybridized carbons (Fsp3) is 0.611. The largest absolute Gasteiger partial charge is 0.372 e. The molecule has 24 heavy (non-hydrogen) atoms. The SMILES string of the molecule is CNc1ncccc1C(=O)N1CCCC12CCCN(C(C)C)C2=O. The van der Waals surface area contributed by atoms with Gasteiger partial charge in [0, 0.05) is 32.4 Å². The maximum Gasteiger partial charge on any atom is 0.258 e. The van der Waals surface area contributed by atoms with Crippen LogP contribution in [-0.2, 0) is 4.79 Å². The highest BCUT2D eigenvalue weighted by atomic mass is 16.2. The van der Waals surface area contributed by atoms with Gasteiger partial charge in [-0.2, -0.15) is 0 Å². The lowest BCUT2D eigenvalue weighted by Crippen LogP contribution is -2.62. The molecule has 1 aromatic rings. The van der Waals surface area contributed by atoms with Crippen molar-refractivity contribution >= 4 is 17.6 Å². The Morgan fingerprint density at radius 2 is 2.00 bits per heavy atom. The average molecular weight is 330 g/mol. The lowest BCUT2D eigenvalue weighted by atomic mass is 9.84. The number of hydrogen-bond donors (Lipinski definition) is 1. The summed E-state index contributed by atoms with van der Waals surface area (Å²) in [5, 5.41) is 2.98. The Kier molecular flexibility index (Phi) is 4.47. The quantitative estimate of drug-likeness (QED) is 0.922. The number of nitrogens with zero attached hydrogens (tertiary/aromatic N) is 3. The van der Waals surface area contributed by atoms with Crippen LogP contribution in [0.15, 0.2) is 18.3 Å². The van der Waals surface area contributed by atoms with Crippen LogP contribution < -0.4 is 5.32 Å². The van der Waals surface area contributed by atoms with Gasteiger partial charge >= 0.3 is 0 Å². The number of carbonyl (C=O) groups excluding carboxylic acids is 2. The van der Waals surface area contributed by atoms with Gasteiger partial charge in [-0.3, -0.25) is 9.59 Å². The minimum Gasteiger partial charge on any atom is -0.372 e. The molecular weight excluding hydrogens is 304 g/mol. The molecule has 0 radical (unpaired) electrons. The highest BCUT2D eigenvalue weighted by Gasteiger charge is 2.53. The van der Waals surface area contributed by atoms with E-state index in [4.69, 9.17) is 0 Å². The van der Waals surface area contributed by atoms with Crippen molar-refractivity contribution in [1.29, 1.82) is 0 Å². The summed E-state index contributed by atoms with van der Waals surface area (Å²) in [5.74, 6) is 0.585. The van der Waals surface area contributed by atoms with Crippen LogP contribution in [0.2, 0.25) is 0 Å². The molecule has 3 rings (SSSR count). The van der Waals surface area contributed by atoms with E-state index < -0.39 is 5.54 Å². The van der Waals surface area contributed by atoms with E-state index in [2.05, 4.69) is 10.3 Å². The summed E-state index contributed by atoms with van der Waals surface area (Å²) in [6.07, 6.45) is 5.00. The van der Waals surface area contributed by atoms with E-state index in [1.54, 1.807) is 25.4 Å². The fourth-order valence-electron chi connectivity index (χ4n) is 4.09. The standard InChI is InChI=1S/C18H26N4O2/c1-13(2)21-11-5-8-18(17(21)24)9-6-12-22(18)16(23)14-7-4-10-20-15(14)19-3/h4,7,10,13H,5-6,8-9,11-12H2,1-3H3,(H,19,20). The third-order valence-corrected chi connectivity index (χ3v) is 5.28. The zero-order valence-electron chi connectivity index (χ0n) is 14.7. The molecule has 2 amide bonds. The minimum absolute atomic E-state index is 0.0936. The van der Waals surface area contributed by atoms with Gasteiger partial charge < -0.3 is 15.1 Å². The van der Waals surface area contributed by atoms with Crippen LogP contribution in [0.5, 0.6) is 0 Å². The molecule has 1 aromatic heterocycles. The molecule has 3 heterocycles. The lowest BCUT2D eigenvalue weighted by Gasteiger charge is -2.46. The Morgan fingerprint density at radius 3 is 2.67 bits per heavy atom. The average Bonchev–Trinajstić information content (AvgIpc) is 3.01. The third-order valence-electron chi connectivity index (χ3n) is 5.28. The molecule has 0 aromatic carbocycles.